The van der Waals surface area contributed by atoms with Gasteiger partial charge < -0.3 is 10.6 Å². The van der Waals surface area contributed by atoms with E-state index in [1.54, 1.807) is 0 Å². The third-order valence-corrected chi connectivity index (χ3v) is 9.48. The van der Waals surface area contributed by atoms with E-state index in [2.05, 4.69) is 108 Å². The van der Waals surface area contributed by atoms with Crippen molar-refractivity contribution in [3.8, 4) is 0 Å². The Morgan fingerprint density at radius 1 is 0.548 bits per heavy atom. The molecule has 3 nitrogen and oxygen atoms in total. The van der Waals surface area contributed by atoms with Crippen LogP contribution in [0.4, 0.5) is 0 Å². The number of hydrogen-bond acceptors (Lipinski definition) is 3. The van der Waals surface area contributed by atoms with E-state index in [0.29, 0.717) is 23.9 Å². The molecule has 0 radical (unpaired) electrons. The number of carbonyl (C=O) groups is 1. The van der Waals surface area contributed by atoms with Crippen LogP contribution in [0.3, 0.4) is 0 Å². The Hall–Kier alpha value is -3.53. The summed E-state index contributed by atoms with van der Waals surface area (Å²) in [6.45, 7) is 2.03. The molecule has 2 aliphatic carbocycles. The molecule has 0 aromatic heterocycles. The summed E-state index contributed by atoms with van der Waals surface area (Å²) in [4.78, 5) is 13.6. The second kappa shape index (κ2) is 14.1. The van der Waals surface area contributed by atoms with Crippen LogP contribution in [0, 0.1) is 0 Å². The minimum absolute atomic E-state index is 0.143. The van der Waals surface area contributed by atoms with Crippen molar-refractivity contribution in [2.45, 2.75) is 75.3 Å². The minimum atomic E-state index is 0.143. The monoisotopic (exact) mass is 556 g/mol. The molecule has 0 amide bonds. The van der Waals surface area contributed by atoms with Crippen LogP contribution in [0.25, 0.3) is 0 Å². The molecule has 6 rings (SSSR count). The second-order valence-corrected chi connectivity index (χ2v) is 12.4. The van der Waals surface area contributed by atoms with E-state index in [9.17, 15) is 4.79 Å². The third-order valence-electron chi connectivity index (χ3n) is 9.48. The molecule has 0 bridgehead atoms. The highest BCUT2D eigenvalue weighted by molar-refractivity contribution is 6.09. The van der Waals surface area contributed by atoms with Gasteiger partial charge in [-0.1, -0.05) is 97.1 Å². The average molecular weight is 557 g/mol. The molecule has 0 saturated heterocycles. The van der Waals surface area contributed by atoms with Gasteiger partial charge in [0, 0.05) is 23.2 Å². The average Bonchev–Trinajstić information content (AvgIpc) is 3.72. The highest BCUT2D eigenvalue weighted by Gasteiger charge is 2.27. The van der Waals surface area contributed by atoms with Gasteiger partial charge in [-0.3, -0.25) is 4.79 Å². The molecule has 4 aromatic rings. The Labute approximate surface area is 251 Å². The van der Waals surface area contributed by atoms with Crippen molar-refractivity contribution in [3.63, 3.8) is 0 Å². The van der Waals surface area contributed by atoms with E-state index in [-0.39, 0.29) is 5.78 Å². The lowest BCUT2D eigenvalue weighted by Gasteiger charge is -2.15. The van der Waals surface area contributed by atoms with Crippen molar-refractivity contribution in [2.24, 2.45) is 0 Å². The third kappa shape index (κ3) is 7.45. The van der Waals surface area contributed by atoms with Crippen molar-refractivity contribution in [2.75, 3.05) is 13.1 Å². The van der Waals surface area contributed by atoms with E-state index < -0.39 is 0 Å². The van der Waals surface area contributed by atoms with Crippen molar-refractivity contribution < 1.29 is 4.79 Å². The molecule has 2 fully saturated rings. The van der Waals surface area contributed by atoms with Gasteiger partial charge in [0.25, 0.3) is 0 Å². The lowest BCUT2D eigenvalue weighted by molar-refractivity contribution is 0.103. The molecule has 4 atom stereocenters. The first kappa shape index (κ1) is 28.6. The van der Waals surface area contributed by atoms with Crippen LogP contribution in [0.5, 0.6) is 0 Å². The Bertz CT molecular complexity index is 1320. The SMILES string of the molecule is O=C(c1cccc(C2CCC(NCCc3ccccc3)C2)c1)c1cccc(C2CCC(NCCc3ccccc3)C2)c1. The molecular formula is C39H44N2O. The van der Waals surface area contributed by atoms with Crippen molar-refractivity contribution >= 4 is 5.78 Å². The smallest absolute Gasteiger partial charge is 0.193 e. The number of nitrogens with one attached hydrogen (secondary N) is 2. The van der Waals surface area contributed by atoms with Crippen LogP contribution >= 0.6 is 0 Å². The molecule has 2 aliphatic rings. The molecule has 216 valence electrons. The predicted molar refractivity (Wildman–Crippen MR) is 173 cm³/mol. The number of carbonyl (C=O) groups excluding carboxylic acids is 1. The van der Waals surface area contributed by atoms with E-state index in [1.807, 2.05) is 12.1 Å². The van der Waals surface area contributed by atoms with Gasteiger partial charge in [0.05, 0.1) is 0 Å². The number of hydrogen-bond donors (Lipinski definition) is 2. The van der Waals surface area contributed by atoms with Gasteiger partial charge in [0.15, 0.2) is 5.78 Å². The zero-order chi connectivity index (χ0) is 28.6. The Balaban J connectivity index is 1.01. The van der Waals surface area contributed by atoms with Gasteiger partial charge in [-0.05, 0) is 111 Å². The van der Waals surface area contributed by atoms with E-state index in [0.717, 1.165) is 49.9 Å². The molecule has 4 unspecified atom stereocenters. The minimum Gasteiger partial charge on any atom is -0.314 e. The van der Waals surface area contributed by atoms with Crippen LogP contribution in [0.2, 0.25) is 0 Å². The van der Waals surface area contributed by atoms with E-state index in [4.69, 9.17) is 0 Å². The first-order valence-electron chi connectivity index (χ1n) is 16.0. The molecule has 3 heteroatoms. The molecular weight excluding hydrogens is 512 g/mol. The van der Waals surface area contributed by atoms with Gasteiger partial charge in [-0.15, -0.1) is 0 Å². The summed E-state index contributed by atoms with van der Waals surface area (Å²) in [5.74, 6) is 1.18. The fourth-order valence-electron chi connectivity index (χ4n) is 7.10. The maximum absolute atomic E-state index is 13.6. The number of rotatable bonds is 12. The summed E-state index contributed by atoms with van der Waals surface area (Å²) in [7, 11) is 0. The second-order valence-electron chi connectivity index (χ2n) is 12.4. The quantitative estimate of drug-likeness (QED) is 0.175. The summed E-state index contributed by atoms with van der Waals surface area (Å²) in [5.41, 5.74) is 7.03. The maximum Gasteiger partial charge on any atom is 0.193 e. The Morgan fingerprint density at radius 2 is 1.00 bits per heavy atom. The Kier molecular flexibility index (Phi) is 9.59. The highest BCUT2D eigenvalue weighted by atomic mass is 16.1. The van der Waals surface area contributed by atoms with Crippen LogP contribution < -0.4 is 10.6 Å². The summed E-state index contributed by atoms with van der Waals surface area (Å²) >= 11 is 0. The van der Waals surface area contributed by atoms with Crippen LogP contribution in [0.1, 0.15) is 88.5 Å². The summed E-state index contributed by atoms with van der Waals surface area (Å²) in [5, 5.41) is 7.55. The predicted octanol–water partition coefficient (Wildman–Crippen LogP) is 7.85. The van der Waals surface area contributed by atoms with Crippen LogP contribution in [-0.4, -0.2) is 31.0 Å². The summed E-state index contributed by atoms with van der Waals surface area (Å²) < 4.78 is 0. The standard InChI is InChI=1S/C39H44N2O/c42-39(35-15-7-13-31(25-35)33-17-19-37(27-33)40-23-21-29-9-3-1-4-10-29)36-16-8-14-32(26-36)34-18-20-38(28-34)41-24-22-30-11-5-2-6-12-30/h1-16,25-26,33-34,37-38,40-41H,17-24,27-28H2. The molecule has 42 heavy (non-hydrogen) atoms. The normalized spacial score (nSPS) is 21.9. The lowest BCUT2D eigenvalue weighted by atomic mass is 9.91. The van der Waals surface area contributed by atoms with Gasteiger partial charge in [0.1, 0.15) is 0 Å². The summed E-state index contributed by atoms with van der Waals surface area (Å²) in [6, 6.07) is 39.4. The van der Waals surface area contributed by atoms with E-state index >= 15 is 0 Å². The number of ketones is 1. The van der Waals surface area contributed by atoms with Crippen LogP contribution in [-0.2, 0) is 12.8 Å². The van der Waals surface area contributed by atoms with E-state index in [1.165, 1.54) is 47.9 Å². The Morgan fingerprint density at radius 3 is 1.45 bits per heavy atom. The van der Waals surface area contributed by atoms with Crippen molar-refractivity contribution in [1.82, 2.24) is 10.6 Å². The van der Waals surface area contributed by atoms with Gasteiger partial charge in [-0.2, -0.15) is 0 Å². The molecule has 2 N–H and O–H groups in total. The molecule has 0 heterocycles. The lowest BCUT2D eigenvalue weighted by Crippen LogP contribution is -2.28. The van der Waals surface area contributed by atoms with Crippen LogP contribution in [0.15, 0.2) is 109 Å². The molecule has 4 aromatic carbocycles. The fourth-order valence-corrected chi connectivity index (χ4v) is 7.10. The van der Waals surface area contributed by atoms with Gasteiger partial charge in [-0.25, -0.2) is 0 Å². The molecule has 2 saturated carbocycles. The molecule has 0 aliphatic heterocycles. The number of benzene rings is 4. The first-order chi connectivity index (χ1) is 20.7. The molecule has 0 spiro atoms. The summed E-state index contributed by atoms with van der Waals surface area (Å²) in [6.07, 6.45) is 9.17. The zero-order valence-electron chi connectivity index (χ0n) is 24.7. The largest absolute Gasteiger partial charge is 0.314 e. The van der Waals surface area contributed by atoms with Crippen molar-refractivity contribution in [3.05, 3.63) is 143 Å². The van der Waals surface area contributed by atoms with Crippen molar-refractivity contribution in [1.29, 1.82) is 0 Å². The highest BCUT2D eigenvalue weighted by Crippen LogP contribution is 2.36. The topological polar surface area (TPSA) is 41.1 Å². The first-order valence-corrected chi connectivity index (χ1v) is 16.0. The van der Waals surface area contributed by atoms with Gasteiger partial charge >= 0.3 is 0 Å². The zero-order valence-corrected chi connectivity index (χ0v) is 24.7. The fraction of sp³-hybridized carbons (Fsp3) is 0.359. The van der Waals surface area contributed by atoms with Gasteiger partial charge in [0.2, 0.25) is 0 Å². The maximum atomic E-state index is 13.6.